The molecule has 1 aromatic carbocycles. The molecule has 1 atom stereocenters. The molecule has 7 nitrogen and oxygen atoms in total. The van der Waals surface area contributed by atoms with E-state index in [1.807, 2.05) is 32.9 Å². The van der Waals surface area contributed by atoms with Crippen LogP contribution >= 0.6 is 0 Å². The van der Waals surface area contributed by atoms with Crippen LogP contribution in [0.25, 0.3) is 0 Å². The molecule has 174 valence electrons. The lowest BCUT2D eigenvalue weighted by molar-refractivity contribution is -0.138. The van der Waals surface area contributed by atoms with E-state index in [4.69, 9.17) is 0 Å². The summed E-state index contributed by atoms with van der Waals surface area (Å²) in [6, 6.07) is 10.1. The molecule has 32 heavy (non-hydrogen) atoms. The number of hydrogen-bond donors (Lipinski definition) is 0. The quantitative estimate of drug-likeness (QED) is 0.675. The van der Waals surface area contributed by atoms with Crippen molar-refractivity contribution in [2.24, 2.45) is 5.92 Å². The van der Waals surface area contributed by atoms with Gasteiger partial charge in [0.25, 0.3) is 0 Å². The SMILES string of the molecule is O=C(CN1CCN(C(=O)C2CC(=O)N(CCc3ccccc3)C2)CC1)N1CCCCCC1. The summed E-state index contributed by atoms with van der Waals surface area (Å²) in [5.74, 6) is 0.172. The molecule has 3 aliphatic heterocycles. The molecule has 0 aromatic heterocycles. The molecule has 0 bridgehead atoms. The predicted molar refractivity (Wildman–Crippen MR) is 123 cm³/mol. The Kier molecular flexibility index (Phi) is 7.79. The van der Waals surface area contributed by atoms with Crippen molar-refractivity contribution < 1.29 is 14.4 Å². The number of piperazine rings is 1. The molecule has 1 unspecified atom stereocenters. The third-order valence-corrected chi connectivity index (χ3v) is 7.08. The topological polar surface area (TPSA) is 64.2 Å². The molecule has 0 spiro atoms. The highest BCUT2D eigenvalue weighted by atomic mass is 16.2. The minimum absolute atomic E-state index is 0.0842. The van der Waals surface area contributed by atoms with E-state index in [9.17, 15) is 14.4 Å². The lowest BCUT2D eigenvalue weighted by Gasteiger charge is -2.36. The summed E-state index contributed by atoms with van der Waals surface area (Å²) in [6.45, 7) is 6.14. The molecule has 4 rings (SSSR count). The van der Waals surface area contributed by atoms with Crippen LogP contribution in [0.2, 0.25) is 0 Å². The fraction of sp³-hybridized carbons (Fsp3) is 0.640. The third-order valence-electron chi connectivity index (χ3n) is 7.08. The van der Waals surface area contributed by atoms with Crippen molar-refractivity contribution in [3.8, 4) is 0 Å². The van der Waals surface area contributed by atoms with Gasteiger partial charge < -0.3 is 14.7 Å². The Balaban J connectivity index is 1.20. The van der Waals surface area contributed by atoms with Crippen LogP contribution in [0.3, 0.4) is 0 Å². The second kappa shape index (κ2) is 10.9. The van der Waals surface area contributed by atoms with E-state index in [1.54, 1.807) is 0 Å². The van der Waals surface area contributed by atoms with Gasteiger partial charge in [0.15, 0.2) is 0 Å². The van der Waals surface area contributed by atoms with Gasteiger partial charge >= 0.3 is 0 Å². The van der Waals surface area contributed by atoms with E-state index in [0.29, 0.717) is 39.1 Å². The van der Waals surface area contributed by atoms with Crippen molar-refractivity contribution in [2.75, 3.05) is 58.9 Å². The second-order valence-electron chi connectivity index (χ2n) is 9.37. The number of carbonyl (C=O) groups excluding carboxylic acids is 3. The highest BCUT2D eigenvalue weighted by molar-refractivity contribution is 5.89. The van der Waals surface area contributed by atoms with Crippen LogP contribution in [0.15, 0.2) is 30.3 Å². The van der Waals surface area contributed by atoms with Gasteiger partial charge in [-0.3, -0.25) is 19.3 Å². The minimum atomic E-state index is -0.233. The molecule has 3 saturated heterocycles. The first-order chi connectivity index (χ1) is 15.6. The fourth-order valence-electron chi connectivity index (χ4n) is 5.06. The van der Waals surface area contributed by atoms with E-state index >= 15 is 0 Å². The fourth-order valence-corrected chi connectivity index (χ4v) is 5.06. The first-order valence-corrected chi connectivity index (χ1v) is 12.2. The van der Waals surface area contributed by atoms with Crippen molar-refractivity contribution in [2.45, 2.75) is 38.5 Å². The average molecular weight is 441 g/mol. The number of amides is 3. The molecule has 0 N–H and O–H groups in total. The maximum absolute atomic E-state index is 13.0. The van der Waals surface area contributed by atoms with Gasteiger partial charge in [-0.2, -0.15) is 0 Å². The maximum Gasteiger partial charge on any atom is 0.236 e. The van der Waals surface area contributed by atoms with E-state index in [-0.39, 0.29) is 23.6 Å². The smallest absolute Gasteiger partial charge is 0.236 e. The summed E-state index contributed by atoms with van der Waals surface area (Å²) in [5, 5.41) is 0. The minimum Gasteiger partial charge on any atom is -0.342 e. The molecule has 3 aliphatic rings. The zero-order valence-corrected chi connectivity index (χ0v) is 19.1. The molecule has 3 fully saturated rings. The van der Waals surface area contributed by atoms with Gasteiger partial charge in [0.2, 0.25) is 17.7 Å². The Morgan fingerprint density at radius 1 is 0.844 bits per heavy atom. The zero-order valence-electron chi connectivity index (χ0n) is 19.1. The number of hydrogen-bond acceptors (Lipinski definition) is 4. The van der Waals surface area contributed by atoms with Crippen LogP contribution in [0.4, 0.5) is 0 Å². The molecule has 1 aromatic rings. The molecule has 0 aliphatic carbocycles. The van der Waals surface area contributed by atoms with Crippen molar-refractivity contribution in [3.05, 3.63) is 35.9 Å². The van der Waals surface area contributed by atoms with Crippen LogP contribution in [-0.4, -0.2) is 96.2 Å². The van der Waals surface area contributed by atoms with Crippen molar-refractivity contribution in [1.29, 1.82) is 0 Å². The van der Waals surface area contributed by atoms with Crippen LogP contribution in [0, 0.1) is 5.92 Å². The van der Waals surface area contributed by atoms with Crippen LogP contribution in [0.1, 0.15) is 37.7 Å². The normalized spacial score (nSPS) is 22.8. The summed E-state index contributed by atoms with van der Waals surface area (Å²) >= 11 is 0. The lowest BCUT2D eigenvalue weighted by atomic mass is 10.1. The van der Waals surface area contributed by atoms with Gasteiger partial charge in [-0.25, -0.2) is 0 Å². The average Bonchev–Trinajstić information content (AvgIpc) is 3.00. The number of carbonyl (C=O) groups is 3. The molecule has 3 heterocycles. The van der Waals surface area contributed by atoms with Crippen molar-refractivity contribution in [3.63, 3.8) is 0 Å². The van der Waals surface area contributed by atoms with Crippen LogP contribution < -0.4 is 0 Å². The van der Waals surface area contributed by atoms with Gasteiger partial charge in [-0.15, -0.1) is 0 Å². The molecular weight excluding hydrogens is 404 g/mol. The third kappa shape index (κ3) is 5.88. The molecule has 0 radical (unpaired) electrons. The highest BCUT2D eigenvalue weighted by Gasteiger charge is 2.37. The molecule has 7 heteroatoms. The van der Waals surface area contributed by atoms with Gasteiger partial charge in [0, 0.05) is 58.8 Å². The number of nitrogens with zero attached hydrogens (tertiary/aromatic N) is 4. The Bertz CT molecular complexity index is 784. The molecule has 3 amide bonds. The van der Waals surface area contributed by atoms with Crippen molar-refractivity contribution >= 4 is 17.7 Å². The van der Waals surface area contributed by atoms with Gasteiger partial charge in [-0.1, -0.05) is 43.2 Å². The highest BCUT2D eigenvalue weighted by Crippen LogP contribution is 2.21. The van der Waals surface area contributed by atoms with E-state index in [1.165, 1.54) is 18.4 Å². The first-order valence-electron chi connectivity index (χ1n) is 12.2. The predicted octanol–water partition coefficient (Wildman–Crippen LogP) is 1.62. The van der Waals surface area contributed by atoms with Crippen LogP contribution in [0.5, 0.6) is 0 Å². The Morgan fingerprint density at radius 2 is 1.53 bits per heavy atom. The summed E-state index contributed by atoms with van der Waals surface area (Å²) in [7, 11) is 0. The summed E-state index contributed by atoms with van der Waals surface area (Å²) < 4.78 is 0. The summed E-state index contributed by atoms with van der Waals surface area (Å²) in [5.41, 5.74) is 1.21. The number of benzene rings is 1. The summed E-state index contributed by atoms with van der Waals surface area (Å²) in [6.07, 6.45) is 5.79. The van der Waals surface area contributed by atoms with E-state index < -0.39 is 0 Å². The summed E-state index contributed by atoms with van der Waals surface area (Å²) in [4.78, 5) is 46.0. The molecular formula is C25H36N4O3. The van der Waals surface area contributed by atoms with E-state index in [0.717, 1.165) is 45.4 Å². The maximum atomic E-state index is 13.0. The van der Waals surface area contributed by atoms with Gasteiger partial charge in [0.1, 0.15) is 0 Å². The van der Waals surface area contributed by atoms with Crippen molar-refractivity contribution in [1.82, 2.24) is 19.6 Å². The standard InChI is InChI=1S/C25H36N4O3/c30-23-18-22(19-29(23)13-10-21-8-4-3-5-9-21)25(32)28-16-14-26(15-17-28)20-24(31)27-11-6-1-2-7-12-27/h3-5,8-9,22H,1-2,6-7,10-20H2. The zero-order chi connectivity index (χ0) is 22.3. The number of rotatable bonds is 6. The second-order valence-corrected chi connectivity index (χ2v) is 9.37. The van der Waals surface area contributed by atoms with Crippen LogP contribution in [-0.2, 0) is 20.8 Å². The van der Waals surface area contributed by atoms with Gasteiger partial charge in [0.05, 0.1) is 12.5 Å². The Hall–Kier alpha value is -2.41. The number of likely N-dealkylation sites (tertiary alicyclic amines) is 2. The Morgan fingerprint density at radius 3 is 2.22 bits per heavy atom. The first kappa shape index (κ1) is 22.8. The Labute approximate surface area is 191 Å². The monoisotopic (exact) mass is 440 g/mol. The lowest BCUT2D eigenvalue weighted by Crippen LogP contribution is -2.53. The van der Waals surface area contributed by atoms with Gasteiger partial charge in [-0.05, 0) is 24.8 Å². The largest absolute Gasteiger partial charge is 0.342 e. The molecule has 0 saturated carbocycles. The van der Waals surface area contributed by atoms with E-state index in [2.05, 4.69) is 17.0 Å².